The predicted octanol–water partition coefficient (Wildman–Crippen LogP) is 3.56. The van der Waals surface area contributed by atoms with Crippen molar-refractivity contribution >= 4 is 22.4 Å². The van der Waals surface area contributed by atoms with Crippen molar-refractivity contribution in [1.29, 1.82) is 0 Å². The van der Waals surface area contributed by atoms with Crippen LogP contribution >= 0.6 is 0 Å². The van der Waals surface area contributed by atoms with Gasteiger partial charge in [-0.3, -0.25) is 0 Å². The van der Waals surface area contributed by atoms with Gasteiger partial charge in [-0.05, 0) is 62.0 Å². The number of aromatic nitrogens is 2. The first-order valence-electron chi connectivity index (χ1n) is 10.3. The van der Waals surface area contributed by atoms with E-state index in [1.54, 1.807) is 13.4 Å². The fourth-order valence-corrected chi connectivity index (χ4v) is 3.78. The molecule has 0 saturated carbocycles. The van der Waals surface area contributed by atoms with Gasteiger partial charge >= 0.3 is 0 Å². The second kappa shape index (κ2) is 9.28. The van der Waals surface area contributed by atoms with Crippen molar-refractivity contribution in [3.8, 4) is 11.5 Å². The standard InChI is InChI=1S/C23H28N4O3/c1-15-9-17(12-28)3-4-19(15)27-23-18-10-21(29-2)22(11-20(18)25-14-26-23)30-13-16-5-7-24-8-6-16/h3-4,9-11,14,16,24,28H,5-8,12-13H2,1-2H3,(H,25,26,27). The van der Waals surface area contributed by atoms with Crippen LogP contribution in [0.1, 0.15) is 24.0 Å². The van der Waals surface area contributed by atoms with Gasteiger partial charge in [0.25, 0.3) is 0 Å². The zero-order valence-electron chi connectivity index (χ0n) is 17.4. The summed E-state index contributed by atoms with van der Waals surface area (Å²) in [7, 11) is 1.65. The molecule has 1 aliphatic heterocycles. The number of ether oxygens (including phenoxy) is 2. The molecule has 7 heteroatoms. The lowest BCUT2D eigenvalue weighted by molar-refractivity contribution is 0.208. The molecule has 158 valence electrons. The molecule has 3 N–H and O–H groups in total. The smallest absolute Gasteiger partial charge is 0.163 e. The SMILES string of the molecule is COc1cc2c(Nc3ccc(CO)cc3C)ncnc2cc1OCC1CCNCC1. The van der Waals surface area contributed by atoms with E-state index in [1.165, 1.54) is 0 Å². The van der Waals surface area contributed by atoms with Crippen LogP contribution in [-0.4, -0.2) is 41.9 Å². The summed E-state index contributed by atoms with van der Waals surface area (Å²) in [6.07, 6.45) is 3.80. The molecule has 30 heavy (non-hydrogen) atoms. The Hall–Kier alpha value is -2.90. The minimum atomic E-state index is 0.0227. The third-order valence-corrected chi connectivity index (χ3v) is 5.58. The number of nitrogens with zero attached hydrogens (tertiary/aromatic N) is 2. The van der Waals surface area contributed by atoms with Crippen LogP contribution in [0.5, 0.6) is 11.5 Å². The summed E-state index contributed by atoms with van der Waals surface area (Å²) < 4.78 is 11.7. The van der Waals surface area contributed by atoms with E-state index in [-0.39, 0.29) is 6.61 Å². The molecule has 1 aliphatic rings. The minimum absolute atomic E-state index is 0.0227. The lowest BCUT2D eigenvalue weighted by Crippen LogP contribution is -2.30. The molecule has 0 atom stereocenters. The Balaban J connectivity index is 1.61. The topological polar surface area (TPSA) is 88.5 Å². The van der Waals surface area contributed by atoms with Crippen molar-refractivity contribution in [2.75, 3.05) is 32.1 Å². The number of benzene rings is 2. The number of aliphatic hydroxyl groups is 1. The van der Waals surface area contributed by atoms with E-state index in [1.807, 2.05) is 37.3 Å². The van der Waals surface area contributed by atoms with E-state index in [0.29, 0.717) is 29.8 Å². The van der Waals surface area contributed by atoms with Crippen LogP contribution in [0.3, 0.4) is 0 Å². The van der Waals surface area contributed by atoms with Gasteiger partial charge in [0.1, 0.15) is 12.1 Å². The first kappa shape index (κ1) is 20.4. The lowest BCUT2D eigenvalue weighted by Gasteiger charge is -2.23. The highest BCUT2D eigenvalue weighted by atomic mass is 16.5. The number of anilines is 2. The van der Waals surface area contributed by atoms with Crippen LogP contribution < -0.4 is 20.1 Å². The number of piperidine rings is 1. The van der Waals surface area contributed by atoms with Gasteiger partial charge in [-0.25, -0.2) is 9.97 Å². The highest BCUT2D eigenvalue weighted by molar-refractivity contribution is 5.93. The maximum Gasteiger partial charge on any atom is 0.163 e. The molecule has 0 bridgehead atoms. The number of rotatable bonds is 7. The van der Waals surface area contributed by atoms with Crippen molar-refractivity contribution in [1.82, 2.24) is 15.3 Å². The molecule has 7 nitrogen and oxygen atoms in total. The maximum absolute atomic E-state index is 9.32. The van der Waals surface area contributed by atoms with Crippen LogP contribution in [0.15, 0.2) is 36.7 Å². The zero-order chi connectivity index (χ0) is 20.9. The quantitative estimate of drug-likeness (QED) is 0.551. The molecule has 0 radical (unpaired) electrons. The van der Waals surface area contributed by atoms with Gasteiger partial charge < -0.3 is 25.2 Å². The molecule has 2 aromatic carbocycles. The number of hydrogen-bond acceptors (Lipinski definition) is 7. The van der Waals surface area contributed by atoms with Gasteiger partial charge in [-0.2, -0.15) is 0 Å². The molecule has 0 spiro atoms. The summed E-state index contributed by atoms with van der Waals surface area (Å²) in [5, 5.41) is 16.9. The molecule has 0 aliphatic carbocycles. The Labute approximate surface area is 176 Å². The number of nitrogens with one attached hydrogen (secondary N) is 2. The Morgan fingerprint density at radius 2 is 1.97 bits per heavy atom. The van der Waals surface area contributed by atoms with Crippen molar-refractivity contribution < 1.29 is 14.6 Å². The largest absolute Gasteiger partial charge is 0.493 e. The van der Waals surface area contributed by atoms with Gasteiger partial charge in [0, 0.05) is 17.1 Å². The van der Waals surface area contributed by atoms with Gasteiger partial charge in [0.15, 0.2) is 11.5 Å². The summed E-state index contributed by atoms with van der Waals surface area (Å²) in [5.41, 5.74) is 3.63. The van der Waals surface area contributed by atoms with Crippen LogP contribution in [0.4, 0.5) is 11.5 Å². The van der Waals surface area contributed by atoms with Gasteiger partial charge in [-0.15, -0.1) is 0 Å². The lowest BCUT2D eigenvalue weighted by atomic mass is 9.99. The number of fused-ring (bicyclic) bond motifs is 1. The first-order chi connectivity index (χ1) is 14.7. The Kier molecular flexibility index (Phi) is 6.30. The van der Waals surface area contributed by atoms with E-state index in [9.17, 15) is 5.11 Å². The number of aryl methyl sites for hydroxylation is 1. The molecular weight excluding hydrogens is 380 g/mol. The Morgan fingerprint density at radius 1 is 1.13 bits per heavy atom. The molecule has 0 amide bonds. The molecule has 3 aromatic rings. The normalized spacial score (nSPS) is 14.6. The number of hydrogen-bond donors (Lipinski definition) is 3. The van der Waals surface area contributed by atoms with E-state index in [2.05, 4.69) is 20.6 Å². The van der Waals surface area contributed by atoms with Gasteiger partial charge in [-0.1, -0.05) is 12.1 Å². The highest BCUT2D eigenvalue weighted by Crippen LogP contribution is 2.35. The Morgan fingerprint density at radius 3 is 2.70 bits per heavy atom. The Bertz CT molecular complexity index is 1020. The maximum atomic E-state index is 9.32. The fourth-order valence-electron chi connectivity index (χ4n) is 3.78. The summed E-state index contributed by atoms with van der Waals surface area (Å²) in [5.74, 6) is 2.63. The van der Waals surface area contributed by atoms with Gasteiger partial charge in [0.2, 0.25) is 0 Å². The van der Waals surface area contributed by atoms with Crippen LogP contribution in [0.25, 0.3) is 10.9 Å². The first-order valence-corrected chi connectivity index (χ1v) is 10.3. The molecule has 1 fully saturated rings. The monoisotopic (exact) mass is 408 g/mol. The predicted molar refractivity (Wildman–Crippen MR) is 118 cm³/mol. The molecule has 2 heterocycles. The van der Waals surface area contributed by atoms with E-state index in [0.717, 1.165) is 53.6 Å². The minimum Gasteiger partial charge on any atom is -0.493 e. The number of methoxy groups -OCH3 is 1. The van der Waals surface area contributed by atoms with Crippen LogP contribution in [0.2, 0.25) is 0 Å². The average Bonchev–Trinajstić information content (AvgIpc) is 2.79. The molecule has 1 aromatic heterocycles. The zero-order valence-corrected chi connectivity index (χ0v) is 17.4. The second-order valence-electron chi connectivity index (χ2n) is 7.68. The van der Waals surface area contributed by atoms with Crippen LogP contribution in [-0.2, 0) is 6.61 Å². The van der Waals surface area contributed by atoms with E-state index >= 15 is 0 Å². The summed E-state index contributed by atoms with van der Waals surface area (Å²) in [4.78, 5) is 8.87. The van der Waals surface area contributed by atoms with Gasteiger partial charge in [0.05, 0.1) is 25.8 Å². The highest BCUT2D eigenvalue weighted by Gasteiger charge is 2.17. The van der Waals surface area contributed by atoms with Crippen molar-refractivity contribution in [3.63, 3.8) is 0 Å². The van der Waals surface area contributed by atoms with E-state index in [4.69, 9.17) is 9.47 Å². The van der Waals surface area contributed by atoms with Crippen molar-refractivity contribution in [2.24, 2.45) is 5.92 Å². The third kappa shape index (κ3) is 4.47. The summed E-state index contributed by atoms with van der Waals surface area (Å²) >= 11 is 0. The second-order valence-corrected chi connectivity index (χ2v) is 7.68. The van der Waals surface area contributed by atoms with Crippen LogP contribution in [0, 0.1) is 12.8 Å². The molecule has 0 unspecified atom stereocenters. The van der Waals surface area contributed by atoms with Crippen molar-refractivity contribution in [3.05, 3.63) is 47.8 Å². The third-order valence-electron chi connectivity index (χ3n) is 5.58. The summed E-state index contributed by atoms with van der Waals surface area (Å²) in [6, 6.07) is 9.64. The average molecular weight is 409 g/mol. The molecule has 1 saturated heterocycles. The molecule has 4 rings (SSSR count). The number of aliphatic hydroxyl groups excluding tert-OH is 1. The molecular formula is C23H28N4O3. The fraction of sp³-hybridized carbons (Fsp3) is 0.391. The summed E-state index contributed by atoms with van der Waals surface area (Å²) in [6.45, 7) is 4.79. The van der Waals surface area contributed by atoms with Crippen molar-refractivity contribution in [2.45, 2.75) is 26.4 Å². The van der Waals surface area contributed by atoms with E-state index < -0.39 is 0 Å².